The molecule has 50 heavy (non-hydrogen) atoms. The number of benzene rings is 7. The van der Waals surface area contributed by atoms with Crippen molar-refractivity contribution in [1.29, 1.82) is 10.5 Å². The fourth-order valence-electron chi connectivity index (χ4n) is 8.01. The minimum Gasteiger partial charge on any atom is -0.456 e. The van der Waals surface area contributed by atoms with Gasteiger partial charge in [0.05, 0.1) is 50.7 Å². The summed E-state index contributed by atoms with van der Waals surface area (Å²) < 4.78 is 13.4. The molecule has 0 N–H and O–H groups in total. The normalized spacial score (nSPS) is 12.0. The van der Waals surface area contributed by atoms with E-state index in [9.17, 15) is 10.5 Å². The number of hydrogen-bond donors (Lipinski definition) is 0. The van der Waals surface area contributed by atoms with Crippen LogP contribution in [0.5, 0.6) is 0 Å². The monoisotopic (exact) mass is 654 g/mol. The van der Waals surface area contributed by atoms with Crippen molar-refractivity contribution in [2.45, 2.75) is 0 Å². The van der Waals surface area contributed by atoms with E-state index in [0.29, 0.717) is 11.1 Å². The van der Waals surface area contributed by atoms with E-state index in [4.69, 9.17) is 4.42 Å². The second kappa shape index (κ2) is 9.84. The van der Waals surface area contributed by atoms with Crippen LogP contribution < -0.4 is 0 Å². The average molecular weight is 655 g/mol. The van der Waals surface area contributed by atoms with Crippen molar-refractivity contribution in [2.24, 2.45) is 0 Å². The van der Waals surface area contributed by atoms with Crippen molar-refractivity contribution in [2.75, 3.05) is 0 Å². The summed E-state index contributed by atoms with van der Waals surface area (Å²) in [6.07, 6.45) is 0. The topological polar surface area (TPSA) is 70.6 Å². The molecule has 6 heteroatoms. The summed E-state index contributed by atoms with van der Waals surface area (Å²) in [6.45, 7) is 0. The Morgan fingerprint density at radius 1 is 0.460 bits per heavy atom. The number of nitriles is 2. The molecule has 0 aliphatic carbocycles. The van der Waals surface area contributed by atoms with Gasteiger partial charge in [-0.05, 0) is 97.1 Å². The number of thiophene rings is 1. The molecule has 7 aromatic carbocycles. The van der Waals surface area contributed by atoms with Crippen molar-refractivity contribution in [3.05, 3.63) is 145 Å². The molecule has 0 saturated carbocycles. The zero-order valence-corrected chi connectivity index (χ0v) is 27.1. The van der Waals surface area contributed by atoms with Gasteiger partial charge < -0.3 is 13.6 Å². The molecule has 0 unspecified atom stereocenters. The summed E-state index contributed by atoms with van der Waals surface area (Å²) in [4.78, 5) is 0. The molecule has 4 heterocycles. The van der Waals surface area contributed by atoms with E-state index in [0.717, 1.165) is 76.9 Å². The molecular weight excluding hydrogens is 633 g/mol. The highest BCUT2D eigenvalue weighted by atomic mass is 32.1. The van der Waals surface area contributed by atoms with Gasteiger partial charge in [-0.25, -0.2) is 0 Å². The first-order valence-electron chi connectivity index (χ1n) is 16.4. The van der Waals surface area contributed by atoms with Gasteiger partial charge in [0.15, 0.2) is 0 Å². The highest BCUT2D eigenvalue weighted by molar-refractivity contribution is 7.25. The van der Waals surface area contributed by atoms with Crippen molar-refractivity contribution in [3.63, 3.8) is 0 Å². The van der Waals surface area contributed by atoms with E-state index < -0.39 is 0 Å². The summed E-state index contributed by atoms with van der Waals surface area (Å²) in [7, 11) is 0. The lowest BCUT2D eigenvalue weighted by Gasteiger charge is -2.10. The molecule has 4 aromatic heterocycles. The highest BCUT2D eigenvalue weighted by Gasteiger charge is 2.20. The van der Waals surface area contributed by atoms with Gasteiger partial charge in [-0.2, -0.15) is 10.5 Å². The summed E-state index contributed by atoms with van der Waals surface area (Å²) in [5.41, 5.74) is 9.39. The van der Waals surface area contributed by atoms with E-state index >= 15 is 0 Å². The van der Waals surface area contributed by atoms with Crippen LogP contribution in [-0.2, 0) is 0 Å². The minimum atomic E-state index is 0.634. The van der Waals surface area contributed by atoms with Gasteiger partial charge in [0, 0.05) is 58.5 Å². The first-order chi connectivity index (χ1) is 24.7. The molecule has 0 bridgehead atoms. The first kappa shape index (κ1) is 27.1. The molecule has 230 valence electrons. The number of furan rings is 1. The van der Waals surface area contributed by atoms with Crippen LogP contribution >= 0.6 is 11.3 Å². The number of fused-ring (bicyclic) bond motifs is 13. The van der Waals surface area contributed by atoms with Gasteiger partial charge >= 0.3 is 0 Å². The Kier molecular flexibility index (Phi) is 5.34. The van der Waals surface area contributed by atoms with Crippen LogP contribution in [0.4, 0.5) is 0 Å². The van der Waals surface area contributed by atoms with Crippen LogP contribution in [0.2, 0.25) is 0 Å². The van der Waals surface area contributed by atoms with Crippen LogP contribution in [0.1, 0.15) is 11.1 Å². The fourth-order valence-corrected chi connectivity index (χ4v) is 9.07. The van der Waals surface area contributed by atoms with Gasteiger partial charge in [0.2, 0.25) is 0 Å². The number of nitrogens with zero attached hydrogens (tertiary/aromatic N) is 4. The van der Waals surface area contributed by atoms with Gasteiger partial charge in [-0.1, -0.05) is 36.4 Å². The fraction of sp³-hybridized carbons (Fsp3) is 0. The molecule has 0 atom stereocenters. The quantitative estimate of drug-likeness (QED) is 0.186. The maximum atomic E-state index is 9.81. The van der Waals surface area contributed by atoms with Crippen molar-refractivity contribution >= 4 is 97.1 Å². The number of rotatable bonds is 2. The Balaban J connectivity index is 1.21. The molecule has 0 saturated heterocycles. The van der Waals surface area contributed by atoms with Gasteiger partial charge in [0.1, 0.15) is 11.2 Å². The standard InChI is InChI=1S/C44H22N4OS/c45-23-25-9-14-37-32(19-25)29-5-1-3-7-36(29)47(37)27-11-17-41-34(21-27)35-22-28(12-18-42(35)50-41)48-38-15-10-26(24-46)20-33(38)30-13-16-40-43(44(30)48)31-6-2-4-8-39(31)49-40/h1-22H. The SMILES string of the molecule is N#Cc1ccc2c(c1)c1ccccc1n2-c1ccc2sc3ccc(-n4c5ccc(C#N)cc5c5ccc6oc7ccccc7c6c54)cc3c2c1. The van der Waals surface area contributed by atoms with E-state index in [2.05, 4.69) is 112 Å². The predicted molar refractivity (Wildman–Crippen MR) is 205 cm³/mol. The Labute approximate surface area is 288 Å². The van der Waals surface area contributed by atoms with Crippen LogP contribution in [0, 0.1) is 22.7 Å². The van der Waals surface area contributed by atoms with Gasteiger partial charge in [0.25, 0.3) is 0 Å². The van der Waals surface area contributed by atoms with Crippen molar-refractivity contribution < 1.29 is 4.42 Å². The molecule has 5 nitrogen and oxygen atoms in total. The van der Waals surface area contributed by atoms with Crippen LogP contribution in [-0.4, -0.2) is 9.13 Å². The van der Waals surface area contributed by atoms with Crippen LogP contribution in [0.25, 0.3) is 97.1 Å². The molecule has 0 spiro atoms. The van der Waals surface area contributed by atoms with Gasteiger partial charge in [-0.15, -0.1) is 11.3 Å². The summed E-state index contributed by atoms with van der Waals surface area (Å²) in [6, 6.07) is 50.8. The summed E-state index contributed by atoms with van der Waals surface area (Å²) >= 11 is 1.80. The third-order valence-corrected chi connectivity index (χ3v) is 11.3. The highest BCUT2D eigenvalue weighted by Crippen LogP contribution is 2.43. The zero-order chi connectivity index (χ0) is 33.1. The molecule has 0 aliphatic rings. The first-order valence-corrected chi connectivity index (χ1v) is 17.2. The lowest BCUT2D eigenvalue weighted by Crippen LogP contribution is -1.94. The third kappa shape index (κ3) is 3.58. The third-order valence-electron chi connectivity index (χ3n) is 10.2. The average Bonchev–Trinajstić information content (AvgIpc) is 3.91. The number of aromatic nitrogens is 2. The molecular formula is C44H22N4OS. The maximum absolute atomic E-state index is 9.81. The Hall–Kier alpha value is -6.86. The summed E-state index contributed by atoms with van der Waals surface area (Å²) in [5.74, 6) is 0. The lowest BCUT2D eigenvalue weighted by atomic mass is 10.1. The molecule has 11 aromatic rings. The van der Waals surface area contributed by atoms with E-state index in [1.54, 1.807) is 11.3 Å². The second-order valence-corrected chi connectivity index (χ2v) is 13.9. The van der Waals surface area contributed by atoms with E-state index in [1.165, 1.54) is 20.2 Å². The Bertz CT molecular complexity index is 3360. The lowest BCUT2D eigenvalue weighted by molar-refractivity contribution is 0.669. The predicted octanol–water partition coefficient (Wildman–Crippen LogP) is 11.9. The smallest absolute Gasteiger partial charge is 0.137 e. The van der Waals surface area contributed by atoms with Crippen molar-refractivity contribution in [3.8, 4) is 23.5 Å². The van der Waals surface area contributed by atoms with Gasteiger partial charge in [-0.3, -0.25) is 0 Å². The van der Waals surface area contributed by atoms with Crippen molar-refractivity contribution in [1.82, 2.24) is 9.13 Å². The minimum absolute atomic E-state index is 0.634. The van der Waals surface area contributed by atoms with E-state index in [-0.39, 0.29) is 0 Å². The number of para-hydroxylation sites is 2. The number of hydrogen-bond acceptors (Lipinski definition) is 4. The second-order valence-electron chi connectivity index (χ2n) is 12.8. The van der Waals surface area contributed by atoms with Crippen LogP contribution in [0.15, 0.2) is 138 Å². The zero-order valence-electron chi connectivity index (χ0n) is 26.3. The Morgan fingerprint density at radius 2 is 1.06 bits per heavy atom. The van der Waals surface area contributed by atoms with E-state index in [1.807, 2.05) is 42.5 Å². The molecule has 11 rings (SSSR count). The molecule has 0 radical (unpaired) electrons. The van der Waals surface area contributed by atoms with Crippen LogP contribution in [0.3, 0.4) is 0 Å². The summed E-state index contributed by atoms with van der Waals surface area (Å²) in [5, 5.41) is 28.3. The maximum Gasteiger partial charge on any atom is 0.137 e. The Morgan fingerprint density at radius 3 is 1.78 bits per heavy atom. The largest absolute Gasteiger partial charge is 0.456 e. The molecule has 0 amide bonds. The molecule has 0 fully saturated rings. The molecule has 0 aliphatic heterocycles.